The predicted molar refractivity (Wildman–Crippen MR) is 110 cm³/mol. The fraction of sp³-hybridized carbons (Fsp3) is 0.700. The summed E-state index contributed by atoms with van der Waals surface area (Å²) in [5, 5.41) is 6.92. The molecule has 0 aliphatic carbocycles. The van der Waals surface area contributed by atoms with Gasteiger partial charge < -0.3 is 20.3 Å². The first-order valence-corrected chi connectivity index (χ1v) is 10.2. The molecule has 2 unspecified atom stereocenters. The van der Waals surface area contributed by atoms with Gasteiger partial charge in [0.1, 0.15) is 5.82 Å². The second-order valence-corrected chi connectivity index (χ2v) is 7.38. The third-order valence-electron chi connectivity index (χ3n) is 5.47. The minimum atomic E-state index is 0.253. The normalized spacial score (nSPS) is 24.3. The van der Waals surface area contributed by atoms with Crippen molar-refractivity contribution in [3.8, 4) is 0 Å². The van der Waals surface area contributed by atoms with Crippen molar-refractivity contribution in [1.29, 1.82) is 0 Å². The van der Waals surface area contributed by atoms with Crippen LogP contribution < -0.4 is 15.5 Å². The van der Waals surface area contributed by atoms with E-state index in [2.05, 4.69) is 56.4 Å². The molecule has 0 amide bonds. The molecule has 0 saturated carbocycles. The lowest BCUT2D eigenvalue weighted by Gasteiger charge is -2.32. The summed E-state index contributed by atoms with van der Waals surface area (Å²) in [7, 11) is 1.83. The molecule has 7 nitrogen and oxygen atoms in total. The Hall–Kier alpha value is -1.86. The minimum Gasteiger partial charge on any atom is -0.375 e. The maximum Gasteiger partial charge on any atom is 0.191 e. The Morgan fingerprint density at radius 2 is 2.26 bits per heavy atom. The molecule has 0 radical (unpaired) electrons. The van der Waals surface area contributed by atoms with E-state index in [0.29, 0.717) is 6.04 Å². The van der Waals surface area contributed by atoms with Gasteiger partial charge in [-0.05, 0) is 50.6 Å². The number of pyridine rings is 1. The summed E-state index contributed by atoms with van der Waals surface area (Å²) in [5.74, 6) is 1.88. The van der Waals surface area contributed by atoms with Crippen molar-refractivity contribution in [3.05, 3.63) is 23.9 Å². The van der Waals surface area contributed by atoms with Crippen LogP contribution in [0.3, 0.4) is 0 Å². The molecule has 2 atom stereocenters. The number of likely N-dealkylation sites (N-methyl/N-ethyl adjacent to an activating group) is 1. The van der Waals surface area contributed by atoms with Crippen LogP contribution in [0.1, 0.15) is 32.3 Å². The molecule has 2 aliphatic heterocycles. The largest absolute Gasteiger partial charge is 0.375 e. The summed E-state index contributed by atoms with van der Waals surface area (Å²) in [6.45, 7) is 10.9. The molecule has 2 aliphatic rings. The van der Waals surface area contributed by atoms with Gasteiger partial charge >= 0.3 is 0 Å². The summed E-state index contributed by atoms with van der Waals surface area (Å²) in [4.78, 5) is 13.7. The molecular formula is C20H34N6O. The summed E-state index contributed by atoms with van der Waals surface area (Å²) in [5.41, 5.74) is 1.21. The van der Waals surface area contributed by atoms with Crippen molar-refractivity contribution < 1.29 is 4.74 Å². The number of hydrogen-bond donors (Lipinski definition) is 2. The molecule has 0 spiro atoms. The summed E-state index contributed by atoms with van der Waals surface area (Å²) >= 11 is 0. The standard InChI is InChI=1S/C20H34N6O/c1-4-25-9-5-6-18(25)14-24-20(21-3)23-13-17-7-8-22-19(12-17)26-10-11-27-16(2)15-26/h7-8,12,16,18H,4-6,9-11,13-15H2,1-3H3,(H2,21,23,24). The van der Waals surface area contributed by atoms with Crippen LogP contribution in [0.5, 0.6) is 0 Å². The highest BCUT2D eigenvalue weighted by molar-refractivity contribution is 5.79. The molecule has 0 bridgehead atoms. The molecule has 3 heterocycles. The maximum atomic E-state index is 5.63. The summed E-state index contributed by atoms with van der Waals surface area (Å²) in [6.07, 6.45) is 4.71. The van der Waals surface area contributed by atoms with Gasteiger partial charge in [0, 0.05) is 45.5 Å². The highest BCUT2D eigenvalue weighted by atomic mass is 16.5. The van der Waals surface area contributed by atoms with Crippen LogP contribution in [-0.2, 0) is 11.3 Å². The lowest BCUT2D eigenvalue weighted by Crippen LogP contribution is -2.44. The first kappa shape index (κ1) is 19.9. The minimum absolute atomic E-state index is 0.253. The molecule has 3 rings (SSSR count). The Labute approximate surface area is 163 Å². The van der Waals surface area contributed by atoms with Crippen molar-refractivity contribution >= 4 is 11.8 Å². The van der Waals surface area contributed by atoms with Gasteiger partial charge in [-0.2, -0.15) is 0 Å². The number of guanidine groups is 1. The van der Waals surface area contributed by atoms with E-state index in [4.69, 9.17) is 4.74 Å². The number of ether oxygens (including phenoxy) is 1. The van der Waals surface area contributed by atoms with Crippen molar-refractivity contribution in [1.82, 2.24) is 20.5 Å². The molecule has 2 fully saturated rings. The maximum absolute atomic E-state index is 5.63. The predicted octanol–water partition coefficient (Wildman–Crippen LogP) is 1.46. The monoisotopic (exact) mass is 374 g/mol. The van der Waals surface area contributed by atoms with Crippen LogP contribution in [-0.4, -0.2) is 74.4 Å². The Morgan fingerprint density at radius 3 is 3.04 bits per heavy atom. The molecule has 7 heteroatoms. The van der Waals surface area contributed by atoms with E-state index in [1.54, 1.807) is 0 Å². The molecule has 2 N–H and O–H groups in total. The van der Waals surface area contributed by atoms with Crippen molar-refractivity contribution in [2.75, 3.05) is 51.3 Å². The molecule has 0 aromatic carbocycles. The summed E-state index contributed by atoms with van der Waals surface area (Å²) < 4.78 is 5.63. The number of anilines is 1. The molecule has 1 aromatic heterocycles. The quantitative estimate of drug-likeness (QED) is 0.581. The van der Waals surface area contributed by atoms with Crippen LogP contribution in [0.4, 0.5) is 5.82 Å². The fourth-order valence-electron chi connectivity index (χ4n) is 3.93. The topological polar surface area (TPSA) is 65.0 Å². The number of hydrogen-bond acceptors (Lipinski definition) is 5. The number of likely N-dealkylation sites (tertiary alicyclic amines) is 1. The van der Waals surface area contributed by atoms with Gasteiger partial charge in [0.2, 0.25) is 0 Å². The third-order valence-corrected chi connectivity index (χ3v) is 5.47. The van der Waals surface area contributed by atoms with Crippen molar-refractivity contribution in [2.24, 2.45) is 4.99 Å². The Morgan fingerprint density at radius 1 is 1.37 bits per heavy atom. The van der Waals surface area contributed by atoms with Crippen LogP contribution >= 0.6 is 0 Å². The average Bonchev–Trinajstić information content (AvgIpc) is 3.16. The van der Waals surface area contributed by atoms with Crippen molar-refractivity contribution in [3.63, 3.8) is 0 Å². The third kappa shape index (κ3) is 5.56. The lowest BCUT2D eigenvalue weighted by atomic mass is 10.2. The molecule has 27 heavy (non-hydrogen) atoms. The molecule has 1 aromatic rings. The Kier molecular flexibility index (Phi) is 7.29. The number of rotatable bonds is 6. The lowest BCUT2D eigenvalue weighted by molar-refractivity contribution is 0.0529. The first-order chi connectivity index (χ1) is 13.2. The average molecular weight is 375 g/mol. The second kappa shape index (κ2) is 9.90. The van der Waals surface area contributed by atoms with Gasteiger partial charge in [-0.1, -0.05) is 6.92 Å². The van der Waals surface area contributed by atoms with E-state index >= 15 is 0 Å². The molecule has 150 valence electrons. The van der Waals surface area contributed by atoms with Gasteiger partial charge in [0.05, 0.1) is 12.7 Å². The van der Waals surface area contributed by atoms with E-state index in [0.717, 1.165) is 51.1 Å². The van der Waals surface area contributed by atoms with E-state index in [9.17, 15) is 0 Å². The van der Waals surface area contributed by atoms with Crippen molar-refractivity contribution in [2.45, 2.75) is 45.4 Å². The van der Waals surface area contributed by atoms with E-state index in [1.165, 1.54) is 24.9 Å². The number of aliphatic imine (C=N–C) groups is 1. The highest BCUT2D eigenvalue weighted by Crippen LogP contribution is 2.17. The number of morpholine rings is 1. The highest BCUT2D eigenvalue weighted by Gasteiger charge is 2.22. The number of aromatic nitrogens is 1. The molecule has 2 saturated heterocycles. The van der Waals surface area contributed by atoms with E-state index < -0.39 is 0 Å². The fourth-order valence-corrected chi connectivity index (χ4v) is 3.93. The van der Waals surface area contributed by atoms with Crippen LogP contribution in [0.25, 0.3) is 0 Å². The second-order valence-electron chi connectivity index (χ2n) is 7.38. The van der Waals surface area contributed by atoms with Gasteiger partial charge in [-0.15, -0.1) is 0 Å². The van der Waals surface area contributed by atoms with Crippen LogP contribution in [0.15, 0.2) is 23.3 Å². The SMILES string of the molecule is CCN1CCCC1CNC(=NC)NCc1ccnc(N2CCOC(C)C2)c1. The van der Waals surface area contributed by atoms with Gasteiger partial charge in [0.15, 0.2) is 5.96 Å². The number of nitrogens with zero attached hydrogens (tertiary/aromatic N) is 4. The zero-order valence-corrected chi connectivity index (χ0v) is 16.9. The smallest absolute Gasteiger partial charge is 0.191 e. The van der Waals surface area contributed by atoms with Gasteiger partial charge in [0.25, 0.3) is 0 Å². The number of nitrogens with one attached hydrogen (secondary N) is 2. The zero-order valence-electron chi connectivity index (χ0n) is 16.9. The molecular weight excluding hydrogens is 340 g/mol. The van der Waals surface area contributed by atoms with E-state index in [1.807, 2.05) is 13.2 Å². The Bertz CT molecular complexity index is 622. The van der Waals surface area contributed by atoms with Gasteiger partial charge in [-0.25, -0.2) is 4.98 Å². The van der Waals surface area contributed by atoms with Crippen LogP contribution in [0.2, 0.25) is 0 Å². The Balaban J connectivity index is 1.50. The van der Waals surface area contributed by atoms with E-state index in [-0.39, 0.29) is 6.10 Å². The zero-order chi connectivity index (χ0) is 19.1. The van der Waals surface area contributed by atoms with Crippen LogP contribution in [0, 0.1) is 0 Å². The first-order valence-electron chi connectivity index (χ1n) is 10.2. The summed E-state index contributed by atoms with van der Waals surface area (Å²) in [6, 6.07) is 4.83. The van der Waals surface area contributed by atoms with Gasteiger partial charge in [-0.3, -0.25) is 9.89 Å².